The molecule has 8 heteroatoms. The summed E-state index contributed by atoms with van der Waals surface area (Å²) in [6.07, 6.45) is 0.00148. The molecule has 0 saturated heterocycles. The highest BCUT2D eigenvalue weighted by Crippen LogP contribution is 2.13. The van der Waals surface area contributed by atoms with Crippen LogP contribution < -0.4 is 10.6 Å². The van der Waals surface area contributed by atoms with Crippen molar-refractivity contribution < 1.29 is 23.9 Å². The van der Waals surface area contributed by atoms with Gasteiger partial charge in [0.1, 0.15) is 0 Å². The number of rotatable bonds is 9. The quantitative estimate of drug-likeness (QED) is 0.601. The summed E-state index contributed by atoms with van der Waals surface area (Å²) in [6, 6.07) is 13.4. The predicted octanol–water partition coefficient (Wildman–Crippen LogP) is 2.85. The number of esters is 1. The smallest absolute Gasteiger partial charge is 0.310 e. The fourth-order valence-corrected chi connectivity index (χ4v) is 2.89. The van der Waals surface area contributed by atoms with Crippen molar-refractivity contribution in [2.75, 3.05) is 30.3 Å². The van der Waals surface area contributed by atoms with Gasteiger partial charge in [-0.2, -0.15) is 0 Å². The number of carbonyl (C=O) groups is 4. The van der Waals surface area contributed by atoms with Gasteiger partial charge >= 0.3 is 5.97 Å². The Morgan fingerprint density at radius 2 is 1.58 bits per heavy atom. The molecule has 2 aromatic carbocycles. The van der Waals surface area contributed by atoms with Crippen LogP contribution >= 0.6 is 0 Å². The zero-order valence-corrected chi connectivity index (χ0v) is 17.9. The van der Waals surface area contributed by atoms with E-state index in [1.807, 2.05) is 13.8 Å². The molecule has 0 heterocycles. The van der Waals surface area contributed by atoms with Crippen molar-refractivity contribution in [2.45, 2.75) is 27.2 Å². The van der Waals surface area contributed by atoms with Crippen molar-refractivity contribution in [3.63, 3.8) is 0 Å². The highest BCUT2D eigenvalue weighted by atomic mass is 16.5. The molecule has 31 heavy (non-hydrogen) atoms. The molecule has 0 aromatic heterocycles. The third-order valence-corrected chi connectivity index (χ3v) is 4.43. The number of carbonyl (C=O) groups excluding carboxylic acids is 4. The van der Waals surface area contributed by atoms with Gasteiger partial charge in [-0.25, -0.2) is 0 Å². The monoisotopic (exact) mass is 425 g/mol. The fourth-order valence-electron chi connectivity index (χ4n) is 2.89. The van der Waals surface area contributed by atoms with Gasteiger partial charge in [0.15, 0.2) is 6.61 Å². The van der Waals surface area contributed by atoms with Crippen LogP contribution in [0.5, 0.6) is 0 Å². The van der Waals surface area contributed by atoms with Gasteiger partial charge < -0.3 is 20.3 Å². The first-order valence-corrected chi connectivity index (χ1v) is 10.0. The summed E-state index contributed by atoms with van der Waals surface area (Å²) >= 11 is 0. The third-order valence-electron chi connectivity index (χ3n) is 4.43. The average Bonchev–Trinajstić information content (AvgIpc) is 2.74. The van der Waals surface area contributed by atoms with Crippen LogP contribution in [0.15, 0.2) is 48.5 Å². The topological polar surface area (TPSA) is 105 Å². The van der Waals surface area contributed by atoms with Crippen molar-refractivity contribution >= 4 is 35.1 Å². The maximum Gasteiger partial charge on any atom is 0.310 e. The van der Waals surface area contributed by atoms with E-state index >= 15 is 0 Å². The van der Waals surface area contributed by atoms with Gasteiger partial charge in [-0.1, -0.05) is 18.2 Å². The van der Waals surface area contributed by atoms with Crippen LogP contribution in [0.3, 0.4) is 0 Å². The van der Waals surface area contributed by atoms with Gasteiger partial charge in [0.05, 0.1) is 6.42 Å². The summed E-state index contributed by atoms with van der Waals surface area (Å²) in [6.45, 7) is 5.97. The van der Waals surface area contributed by atoms with E-state index in [9.17, 15) is 19.2 Å². The van der Waals surface area contributed by atoms with Crippen LogP contribution in [-0.4, -0.2) is 48.3 Å². The number of nitrogens with one attached hydrogen (secondary N) is 2. The summed E-state index contributed by atoms with van der Waals surface area (Å²) in [7, 11) is 0. The number of hydrogen-bond acceptors (Lipinski definition) is 5. The molecular formula is C23H27N3O5. The first-order chi connectivity index (χ1) is 14.8. The second-order valence-electron chi connectivity index (χ2n) is 6.82. The van der Waals surface area contributed by atoms with E-state index in [1.54, 1.807) is 53.4 Å². The van der Waals surface area contributed by atoms with Gasteiger partial charge in [0.25, 0.3) is 11.8 Å². The maximum absolute atomic E-state index is 12.4. The molecule has 164 valence electrons. The highest BCUT2D eigenvalue weighted by molar-refractivity contribution is 5.97. The van der Waals surface area contributed by atoms with E-state index in [1.165, 1.54) is 6.92 Å². The van der Waals surface area contributed by atoms with E-state index in [0.717, 1.165) is 0 Å². The number of nitrogens with zero attached hydrogens (tertiary/aromatic N) is 1. The third kappa shape index (κ3) is 7.58. The average molecular weight is 425 g/mol. The largest absolute Gasteiger partial charge is 0.455 e. The van der Waals surface area contributed by atoms with Gasteiger partial charge in [0.2, 0.25) is 5.91 Å². The van der Waals surface area contributed by atoms with E-state index in [0.29, 0.717) is 35.6 Å². The molecule has 0 radical (unpaired) electrons. The fraction of sp³-hybridized carbons (Fsp3) is 0.304. The Kier molecular flexibility index (Phi) is 8.75. The van der Waals surface area contributed by atoms with Crippen LogP contribution in [0.2, 0.25) is 0 Å². The van der Waals surface area contributed by atoms with E-state index in [-0.39, 0.29) is 18.2 Å². The summed E-state index contributed by atoms with van der Waals surface area (Å²) in [4.78, 5) is 49.3. The lowest BCUT2D eigenvalue weighted by Crippen LogP contribution is -2.30. The molecule has 2 rings (SSSR count). The van der Waals surface area contributed by atoms with Crippen LogP contribution in [0.25, 0.3) is 0 Å². The number of amides is 3. The minimum absolute atomic E-state index is 0.00148. The lowest BCUT2D eigenvalue weighted by atomic mass is 10.1. The summed E-state index contributed by atoms with van der Waals surface area (Å²) in [5.74, 6) is -1.34. The van der Waals surface area contributed by atoms with Gasteiger partial charge in [-0.3, -0.25) is 19.2 Å². The number of benzene rings is 2. The van der Waals surface area contributed by atoms with Crippen LogP contribution in [0, 0.1) is 0 Å². The molecule has 0 atom stereocenters. The Labute approximate surface area is 181 Å². The number of hydrogen-bond donors (Lipinski definition) is 2. The van der Waals surface area contributed by atoms with Crippen molar-refractivity contribution in [1.82, 2.24) is 4.90 Å². The zero-order chi connectivity index (χ0) is 22.8. The standard InChI is InChI=1S/C23H27N3O5/c1-4-26(5-2)23(30)18-7-6-8-20(14-18)25-21(28)15-31-22(29)13-17-9-11-19(12-10-17)24-16(3)27/h6-12,14H,4-5,13,15H2,1-3H3,(H,24,27)(H,25,28). The first-order valence-electron chi connectivity index (χ1n) is 10.0. The van der Waals surface area contributed by atoms with Crippen molar-refractivity contribution in [2.24, 2.45) is 0 Å². The molecule has 0 spiro atoms. The van der Waals surface area contributed by atoms with Crippen LogP contribution in [0.4, 0.5) is 11.4 Å². The molecule has 0 fully saturated rings. The Bertz CT molecular complexity index is 936. The van der Waals surface area contributed by atoms with Gasteiger partial charge in [-0.15, -0.1) is 0 Å². The Morgan fingerprint density at radius 3 is 2.19 bits per heavy atom. The van der Waals surface area contributed by atoms with Gasteiger partial charge in [-0.05, 0) is 49.7 Å². The lowest BCUT2D eigenvalue weighted by Gasteiger charge is -2.19. The molecule has 0 aliphatic carbocycles. The van der Waals surface area contributed by atoms with Crippen LogP contribution in [-0.2, 0) is 25.5 Å². The van der Waals surface area contributed by atoms with Crippen molar-refractivity contribution in [3.05, 3.63) is 59.7 Å². The molecule has 8 nitrogen and oxygen atoms in total. The van der Waals surface area contributed by atoms with Gasteiger partial charge in [0, 0.05) is 37.0 Å². The molecule has 0 bridgehead atoms. The minimum atomic E-state index is -0.548. The molecule has 0 aliphatic rings. The predicted molar refractivity (Wildman–Crippen MR) is 118 cm³/mol. The molecular weight excluding hydrogens is 398 g/mol. The SMILES string of the molecule is CCN(CC)C(=O)c1cccc(NC(=O)COC(=O)Cc2ccc(NC(C)=O)cc2)c1. The molecule has 2 N–H and O–H groups in total. The molecule has 0 saturated carbocycles. The minimum Gasteiger partial charge on any atom is -0.455 e. The van der Waals surface area contributed by atoms with Crippen LogP contribution in [0.1, 0.15) is 36.7 Å². The Balaban J connectivity index is 1.85. The molecule has 0 aliphatic heterocycles. The lowest BCUT2D eigenvalue weighted by molar-refractivity contribution is -0.146. The second kappa shape index (κ2) is 11.5. The first kappa shape index (κ1) is 23.6. The molecule has 0 unspecified atom stereocenters. The maximum atomic E-state index is 12.4. The van der Waals surface area contributed by atoms with Crippen molar-refractivity contribution in [1.29, 1.82) is 0 Å². The summed E-state index contributed by atoms with van der Waals surface area (Å²) < 4.78 is 5.03. The summed E-state index contributed by atoms with van der Waals surface area (Å²) in [5, 5.41) is 5.27. The summed E-state index contributed by atoms with van der Waals surface area (Å²) in [5.41, 5.74) is 2.25. The Morgan fingerprint density at radius 1 is 0.903 bits per heavy atom. The van der Waals surface area contributed by atoms with Crippen molar-refractivity contribution in [3.8, 4) is 0 Å². The zero-order valence-electron chi connectivity index (χ0n) is 17.9. The second-order valence-corrected chi connectivity index (χ2v) is 6.82. The molecule has 3 amide bonds. The number of anilines is 2. The Hall–Kier alpha value is -3.68. The normalized spacial score (nSPS) is 10.2. The van der Waals surface area contributed by atoms with E-state index < -0.39 is 18.5 Å². The molecule has 2 aromatic rings. The van der Waals surface area contributed by atoms with E-state index in [4.69, 9.17) is 4.74 Å². The van der Waals surface area contributed by atoms with E-state index in [2.05, 4.69) is 10.6 Å². The number of ether oxygens (including phenoxy) is 1. The highest BCUT2D eigenvalue weighted by Gasteiger charge is 2.14.